The molecular weight excluding hydrogens is 532 g/mol. The summed E-state index contributed by atoms with van der Waals surface area (Å²) in [4.78, 5) is 25.9. The Labute approximate surface area is 239 Å². The van der Waals surface area contributed by atoms with Crippen molar-refractivity contribution in [3.63, 3.8) is 0 Å². The third-order valence-corrected chi connectivity index (χ3v) is 8.28. The second-order valence-electron chi connectivity index (χ2n) is 11.1. The number of halogens is 1. The summed E-state index contributed by atoms with van der Waals surface area (Å²) in [5, 5.41) is 15.3. The molecule has 2 fully saturated rings. The molecule has 5 rings (SSSR count). The number of hydrogen-bond donors (Lipinski definition) is 1. The minimum Gasteiger partial charge on any atom is -0.491 e. The van der Waals surface area contributed by atoms with Crippen LogP contribution >= 0.6 is 11.6 Å². The quantitative estimate of drug-likeness (QED) is 0.422. The second kappa shape index (κ2) is 10.9. The van der Waals surface area contributed by atoms with Crippen LogP contribution in [0.1, 0.15) is 36.6 Å². The summed E-state index contributed by atoms with van der Waals surface area (Å²) < 4.78 is 12.6. The first kappa shape index (κ1) is 28.2. The number of aryl methyl sites for hydroxylation is 2. The molecule has 40 heavy (non-hydrogen) atoms. The van der Waals surface area contributed by atoms with E-state index >= 15 is 0 Å². The Hall–Kier alpha value is -3.37. The summed E-state index contributed by atoms with van der Waals surface area (Å²) in [5.74, 6) is 1.92. The van der Waals surface area contributed by atoms with E-state index in [0.717, 1.165) is 53.5 Å². The molecule has 1 spiro atoms. The monoisotopic (exact) mass is 568 g/mol. The number of methoxy groups -OCH3 is 1. The van der Waals surface area contributed by atoms with E-state index in [0.29, 0.717) is 41.7 Å². The van der Waals surface area contributed by atoms with Crippen LogP contribution in [0.15, 0.2) is 18.2 Å². The highest BCUT2D eigenvalue weighted by Crippen LogP contribution is 2.44. The number of carbonyl (C=O) groups excluding carboxylic acids is 1. The summed E-state index contributed by atoms with van der Waals surface area (Å²) in [6, 6.07) is 5.39. The molecule has 2 aliphatic heterocycles. The first-order chi connectivity index (χ1) is 19.1. The SMILES string of the molecule is CCC[C@@H](O)COc1ccc(Cl)c(-c2nc(-c3c(C)c(C)nn3C)c(C)c(N3CC4(CN(C(=O)OC)C4)C3)n2)c1. The van der Waals surface area contributed by atoms with Crippen molar-refractivity contribution in [2.45, 2.75) is 46.6 Å². The van der Waals surface area contributed by atoms with Gasteiger partial charge in [0.1, 0.15) is 18.2 Å². The zero-order chi connectivity index (χ0) is 28.8. The standard InChI is InChI=1S/C29H37ClN6O4/c1-7-8-20(37)12-40-21-9-10-23(30)22(11-21)26-31-24(25-17(2)19(4)33-34(25)5)18(3)27(32-26)35-13-29(14-35)15-36(16-29)28(38)39-6/h9-11,20,37H,7-8,12-16H2,1-6H3/t20-/m1/s1. The smallest absolute Gasteiger partial charge is 0.409 e. The van der Waals surface area contributed by atoms with Crippen molar-refractivity contribution in [1.29, 1.82) is 0 Å². The van der Waals surface area contributed by atoms with Crippen molar-refractivity contribution in [3.8, 4) is 28.5 Å². The van der Waals surface area contributed by atoms with Gasteiger partial charge in [-0.25, -0.2) is 14.8 Å². The van der Waals surface area contributed by atoms with Gasteiger partial charge in [0.15, 0.2) is 5.82 Å². The van der Waals surface area contributed by atoms with E-state index < -0.39 is 6.10 Å². The van der Waals surface area contributed by atoms with Gasteiger partial charge in [-0.1, -0.05) is 24.9 Å². The van der Waals surface area contributed by atoms with E-state index in [1.165, 1.54) is 7.11 Å². The largest absolute Gasteiger partial charge is 0.491 e. The van der Waals surface area contributed by atoms with E-state index in [9.17, 15) is 9.90 Å². The molecule has 1 amide bonds. The number of amides is 1. The Kier molecular flexibility index (Phi) is 7.67. The van der Waals surface area contributed by atoms with Gasteiger partial charge in [-0.05, 0) is 51.0 Å². The number of aliphatic hydroxyl groups is 1. The van der Waals surface area contributed by atoms with Crippen LogP contribution in [0.2, 0.25) is 5.02 Å². The fourth-order valence-corrected chi connectivity index (χ4v) is 5.97. The molecule has 11 heteroatoms. The molecule has 0 radical (unpaired) electrons. The van der Waals surface area contributed by atoms with Crippen molar-refractivity contribution in [1.82, 2.24) is 24.6 Å². The van der Waals surface area contributed by atoms with Crippen LogP contribution in [0, 0.1) is 26.2 Å². The van der Waals surface area contributed by atoms with Gasteiger partial charge in [0, 0.05) is 49.8 Å². The highest BCUT2D eigenvalue weighted by atomic mass is 35.5. The summed E-state index contributed by atoms with van der Waals surface area (Å²) >= 11 is 6.70. The summed E-state index contributed by atoms with van der Waals surface area (Å²) in [5.41, 5.74) is 5.39. The predicted octanol–water partition coefficient (Wildman–Crippen LogP) is 4.55. The summed E-state index contributed by atoms with van der Waals surface area (Å²) in [6.45, 7) is 11.2. The molecule has 3 aromatic rings. The topological polar surface area (TPSA) is 106 Å². The lowest BCUT2D eigenvalue weighted by Crippen LogP contribution is -2.73. The van der Waals surface area contributed by atoms with Crippen molar-refractivity contribution in [3.05, 3.63) is 40.0 Å². The molecule has 1 N–H and O–H groups in total. The van der Waals surface area contributed by atoms with E-state index in [1.54, 1.807) is 17.0 Å². The maximum absolute atomic E-state index is 11.9. The average molecular weight is 569 g/mol. The van der Waals surface area contributed by atoms with E-state index in [4.69, 9.17) is 31.0 Å². The molecule has 2 aromatic heterocycles. The number of benzene rings is 1. The van der Waals surface area contributed by atoms with Crippen molar-refractivity contribution in [2.24, 2.45) is 12.5 Å². The van der Waals surface area contributed by atoms with Gasteiger partial charge in [0.25, 0.3) is 0 Å². The van der Waals surface area contributed by atoms with Gasteiger partial charge in [0.05, 0.1) is 35.3 Å². The molecule has 0 bridgehead atoms. The van der Waals surface area contributed by atoms with Gasteiger partial charge in [-0.2, -0.15) is 5.10 Å². The van der Waals surface area contributed by atoms with Crippen molar-refractivity contribution >= 4 is 23.5 Å². The van der Waals surface area contributed by atoms with E-state index in [-0.39, 0.29) is 18.1 Å². The molecule has 10 nitrogen and oxygen atoms in total. The van der Waals surface area contributed by atoms with Crippen LogP contribution < -0.4 is 9.64 Å². The van der Waals surface area contributed by atoms with E-state index in [2.05, 4.69) is 16.9 Å². The Balaban J connectivity index is 1.52. The number of nitrogens with zero attached hydrogens (tertiary/aromatic N) is 6. The number of likely N-dealkylation sites (tertiary alicyclic amines) is 1. The zero-order valence-corrected chi connectivity index (χ0v) is 24.7. The van der Waals surface area contributed by atoms with Gasteiger partial charge in [0.2, 0.25) is 0 Å². The molecule has 4 heterocycles. The lowest BCUT2D eigenvalue weighted by molar-refractivity contribution is -0.0153. The minimum absolute atomic E-state index is 0.0513. The Morgan fingerprint density at radius 3 is 2.50 bits per heavy atom. The van der Waals surface area contributed by atoms with Crippen molar-refractivity contribution < 1.29 is 19.4 Å². The van der Waals surface area contributed by atoms with Crippen LogP contribution in [-0.2, 0) is 11.8 Å². The minimum atomic E-state index is -0.533. The number of aromatic nitrogens is 4. The van der Waals surface area contributed by atoms with Crippen LogP contribution in [0.4, 0.5) is 10.6 Å². The number of carbonyl (C=O) groups is 1. The fraction of sp³-hybridized carbons (Fsp3) is 0.517. The van der Waals surface area contributed by atoms with Crippen LogP contribution in [0.25, 0.3) is 22.8 Å². The average Bonchev–Trinajstić information content (AvgIpc) is 3.13. The first-order valence-corrected chi connectivity index (χ1v) is 14.0. The molecule has 0 saturated carbocycles. The number of aliphatic hydroxyl groups excluding tert-OH is 1. The lowest BCUT2D eigenvalue weighted by atomic mass is 9.73. The highest BCUT2D eigenvalue weighted by Gasteiger charge is 2.54. The molecule has 1 atom stereocenters. The van der Waals surface area contributed by atoms with E-state index in [1.807, 2.05) is 38.6 Å². The molecule has 0 unspecified atom stereocenters. The van der Waals surface area contributed by atoms with Crippen molar-refractivity contribution in [2.75, 3.05) is 44.8 Å². The van der Waals surface area contributed by atoms with Crippen LogP contribution in [0.5, 0.6) is 5.75 Å². The second-order valence-corrected chi connectivity index (χ2v) is 11.5. The van der Waals surface area contributed by atoms with Gasteiger partial charge < -0.3 is 24.4 Å². The van der Waals surface area contributed by atoms with Crippen LogP contribution in [-0.4, -0.2) is 81.8 Å². The van der Waals surface area contributed by atoms with Crippen LogP contribution in [0.3, 0.4) is 0 Å². The number of rotatable bonds is 8. The third kappa shape index (κ3) is 5.10. The number of ether oxygens (including phenoxy) is 2. The summed E-state index contributed by atoms with van der Waals surface area (Å²) in [6.07, 6.45) is 0.735. The zero-order valence-electron chi connectivity index (χ0n) is 24.0. The number of anilines is 1. The van der Waals surface area contributed by atoms with Gasteiger partial charge >= 0.3 is 6.09 Å². The molecule has 2 aliphatic rings. The lowest BCUT2D eigenvalue weighted by Gasteiger charge is -2.60. The highest BCUT2D eigenvalue weighted by molar-refractivity contribution is 6.33. The Bertz CT molecular complexity index is 1430. The number of hydrogen-bond acceptors (Lipinski definition) is 8. The maximum Gasteiger partial charge on any atom is 0.409 e. The predicted molar refractivity (Wildman–Crippen MR) is 154 cm³/mol. The molecule has 1 aromatic carbocycles. The molecule has 0 aliphatic carbocycles. The summed E-state index contributed by atoms with van der Waals surface area (Å²) in [7, 11) is 3.34. The molecule has 2 saturated heterocycles. The molecular formula is C29H37ClN6O4. The first-order valence-electron chi connectivity index (χ1n) is 13.6. The molecule has 214 valence electrons. The van der Waals surface area contributed by atoms with Gasteiger partial charge in [-0.3, -0.25) is 4.68 Å². The maximum atomic E-state index is 11.9. The Morgan fingerprint density at radius 2 is 1.88 bits per heavy atom. The fourth-order valence-electron chi connectivity index (χ4n) is 5.77. The van der Waals surface area contributed by atoms with Gasteiger partial charge in [-0.15, -0.1) is 0 Å². The third-order valence-electron chi connectivity index (χ3n) is 7.95. The Morgan fingerprint density at radius 1 is 1.15 bits per heavy atom. The normalized spacial score (nSPS) is 16.5.